The minimum absolute atomic E-state index is 0.0186. The van der Waals surface area contributed by atoms with Crippen molar-refractivity contribution in [1.29, 1.82) is 0 Å². The topological polar surface area (TPSA) is 292 Å². The van der Waals surface area contributed by atoms with Crippen LogP contribution in [0.15, 0.2) is 67.3 Å². The molecule has 0 fully saturated rings. The number of rotatable bonds is 23. The van der Waals surface area contributed by atoms with Gasteiger partial charge in [-0.25, -0.2) is 23.9 Å². The summed E-state index contributed by atoms with van der Waals surface area (Å²) in [5, 5.41) is 14.0. The van der Waals surface area contributed by atoms with Crippen LogP contribution in [0.4, 0.5) is 9.59 Å². The number of imidazole rings is 1. The molecule has 4 rings (SSSR count). The molecular weight excluding hydrogens is 1020 g/mol. The van der Waals surface area contributed by atoms with Crippen molar-refractivity contribution in [3.63, 3.8) is 0 Å². The highest BCUT2D eigenvalue weighted by molar-refractivity contribution is 5.97. The van der Waals surface area contributed by atoms with Crippen LogP contribution in [0, 0.1) is 5.92 Å². The third-order valence-electron chi connectivity index (χ3n) is 11.2. The highest BCUT2D eigenvalue weighted by atomic mass is 16.6. The maximum Gasteiger partial charge on any atom is 0.419 e. The molecule has 0 spiro atoms. The monoisotopic (exact) mass is 1100 g/mol. The highest BCUT2D eigenvalue weighted by Crippen LogP contribution is 2.25. The quantitative estimate of drug-likeness (QED) is 0.0400. The lowest BCUT2D eigenvalue weighted by Crippen LogP contribution is -2.60. The van der Waals surface area contributed by atoms with Crippen molar-refractivity contribution >= 4 is 58.6 Å². The van der Waals surface area contributed by atoms with Gasteiger partial charge in [-0.2, -0.15) is 0 Å². The molecule has 0 saturated heterocycles. The Kier molecular flexibility index (Phi) is 22.4. The van der Waals surface area contributed by atoms with E-state index in [-0.39, 0.29) is 43.9 Å². The standard InChI is InChI=1S/C57H83N9O13/c1-16-75-51(72)43(25-34(2)3)61-46(67)29-59-48(69)41(26-35-21-23-38(24-22-35)77-55(7,8)9)63-50(71)44(32-76-54(4,5)6)64-49(70)42(27-36-30-66(53(74)79-57(13,14)15)45-20-18-17-19-39(36)45)62-47(68)40(58)28-37-31-65(33-60-37)52(73)78-56(10,11)12/h17-24,30-31,33-34,40-44H,16,25-29,32,58H2,1-15H3,(H,59,69)(H,61,67)(H,62,68)(H,63,71)(H,64,70)/t40-,41-,42-,43-,44-/m0/s1. The fraction of sp³-hybridized carbons (Fsp3) is 0.561. The number of ether oxygens (including phenoxy) is 5. The third-order valence-corrected chi connectivity index (χ3v) is 11.2. The second kappa shape index (κ2) is 27.5. The Labute approximate surface area is 463 Å². The van der Waals surface area contributed by atoms with E-state index in [1.54, 1.807) is 118 Å². The van der Waals surface area contributed by atoms with Gasteiger partial charge >= 0.3 is 18.2 Å². The Morgan fingerprint density at radius 3 is 1.81 bits per heavy atom. The normalized spacial score (nSPS) is 14.0. The first-order valence-corrected chi connectivity index (χ1v) is 26.5. The molecule has 5 atom stereocenters. The second-order valence-electron chi connectivity index (χ2n) is 23.7. The van der Waals surface area contributed by atoms with Crippen LogP contribution in [-0.4, -0.2) is 134 Å². The zero-order valence-electron chi connectivity index (χ0n) is 48.5. The first-order chi connectivity index (χ1) is 36.6. The molecule has 7 N–H and O–H groups in total. The lowest BCUT2D eigenvalue weighted by atomic mass is 10.0. The van der Waals surface area contributed by atoms with Crippen molar-refractivity contribution in [2.45, 2.75) is 182 Å². The molecule has 0 radical (unpaired) electrons. The fourth-order valence-electron chi connectivity index (χ4n) is 7.80. The van der Waals surface area contributed by atoms with Crippen molar-refractivity contribution in [3.8, 4) is 5.75 Å². The number of carbonyl (C=O) groups excluding carboxylic acids is 8. The van der Waals surface area contributed by atoms with Crippen molar-refractivity contribution < 1.29 is 62.0 Å². The van der Waals surface area contributed by atoms with Gasteiger partial charge in [0.25, 0.3) is 0 Å². The summed E-state index contributed by atoms with van der Waals surface area (Å²) in [6.07, 6.45) is 2.52. The minimum atomic E-state index is -1.51. The van der Waals surface area contributed by atoms with Crippen LogP contribution in [0.25, 0.3) is 10.9 Å². The molecule has 2 aromatic heterocycles. The van der Waals surface area contributed by atoms with E-state index in [0.717, 1.165) is 4.57 Å². The number of amides is 5. The summed E-state index contributed by atoms with van der Waals surface area (Å²) in [7, 11) is 0. The zero-order chi connectivity index (χ0) is 59.2. The van der Waals surface area contributed by atoms with Crippen LogP contribution in [0.1, 0.15) is 127 Å². The number of nitrogens with one attached hydrogen (secondary N) is 5. The Morgan fingerprint density at radius 1 is 0.633 bits per heavy atom. The van der Waals surface area contributed by atoms with Gasteiger partial charge in [0.15, 0.2) is 0 Å². The van der Waals surface area contributed by atoms with Gasteiger partial charge in [0, 0.05) is 37.0 Å². The van der Waals surface area contributed by atoms with E-state index in [1.807, 2.05) is 34.6 Å². The van der Waals surface area contributed by atoms with E-state index in [9.17, 15) is 38.4 Å². The Balaban J connectivity index is 1.71. The molecule has 0 aliphatic rings. The van der Waals surface area contributed by atoms with Gasteiger partial charge in [-0.05, 0) is 132 Å². The average molecular weight is 1100 g/mol. The van der Waals surface area contributed by atoms with Crippen LogP contribution in [0.5, 0.6) is 5.75 Å². The van der Waals surface area contributed by atoms with E-state index in [1.165, 1.54) is 23.3 Å². The number of para-hydroxylation sites is 1. The summed E-state index contributed by atoms with van der Waals surface area (Å²) >= 11 is 0. The first kappa shape index (κ1) is 64.2. The number of aromatic nitrogens is 3. The van der Waals surface area contributed by atoms with Gasteiger partial charge in [0.1, 0.15) is 53.0 Å². The van der Waals surface area contributed by atoms with Gasteiger partial charge in [-0.15, -0.1) is 0 Å². The lowest BCUT2D eigenvalue weighted by Gasteiger charge is -2.28. The SMILES string of the molecule is CCOC(=O)[C@H](CC(C)C)NC(=O)CNC(=O)[C@H](Cc1ccc(OC(C)(C)C)cc1)NC(=O)[C@H](COC(C)(C)C)NC(=O)[C@H](Cc1cn(C(=O)OC(C)(C)C)c2ccccc12)NC(=O)[C@@H](N)Cc1cn(C(=O)OC(C)(C)C)cn1. The number of nitrogens with zero attached hydrogens (tertiary/aromatic N) is 3. The molecular formula is C57H83N9O13. The summed E-state index contributed by atoms with van der Waals surface area (Å²) in [6, 6.07) is 7.19. The second-order valence-corrected chi connectivity index (χ2v) is 23.7. The van der Waals surface area contributed by atoms with Gasteiger partial charge in [-0.3, -0.25) is 28.5 Å². The predicted octanol–water partition coefficient (Wildman–Crippen LogP) is 5.42. The predicted molar refractivity (Wildman–Crippen MR) is 296 cm³/mol. The zero-order valence-corrected chi connectivity index (χ0v) is 48.5. The molecule has 0 saturated carbocycles. The number of benzene rings is 2. The molecule has 434 valence electrons. The Hall–Kier alpha value is -7.33. The fourth-order valence-corrected chi connectivity index (χ4v) is 7.80. The van der Waals surface area contributed by atoms with Crippen molar-refractivity contribution in [3.05, 3.63) is 84.1 Å². The molecule has 0 aliphatic heterocycles. The molecule has 0 aliphatic carbocycles. The van der Waals surface area contributed by atoms with Crippen molar-refractivity contribution in [2.75, 3.05) is 19.8 Å². The summed E-state index contributed by atoms with van der Waals surface area (Å²) in [5.74, 6) is -4.02. The minimum Gasteiger partial charge on any atom is -0.488 e. The van der Waals surface area contributed by atoms with Gasteiger partial charge in [-0.1, -0.05) is 44.2 Å². The van der Waals surface area contributed by atoms with E-state index < -0.39 is 113 Å². The number of esters is 1. The first-order valence-electron chi connectivity index (χ1n) is 26.5. The van der Waals surface area contributed by atoms with Gasteiger partial charge in [0.2, 0.25) is 29.5 Å². The Bertz CT molecular complexity index is 2760. The maximum absolute atomic E-state index is 14.9. The van der Waals surface area contributed by atoms with Crippen LogP contribution in [-0.2, 0) is 67.0 Å². The summed E-state index contributed by atoms with van der Waals surface area (Å²) in [4.78, 5) is 114. The van der Waals surface area contributed by atoms with E-state index >= 15 is 0 Å². The third kappa shape index (κ3) is 21.8. The molecule has 0 unspecified atom stereocenters. The van der Waals surface area contributed by atoms with Crippen LogP contribution in [0.3, 0.4) is 0 Å². The summed E-state index contributed by atoms with van der Waals surface area (Å²) in [5.41, 5.74) is 5.23. The molecule has 22 nitrogen and oxygen atoms in total. The van der Waals surface area contributed by atoms with Crippen LogP contribution >= 0.6 is 0 Å². The van der Waals surface area contributed by atoms with Crippen molar-refractivity contribution in [1.82, 2.24) is 40.7 Å². The van der Waals surface area contributed by atoms with E-state index in [4.69, 9.17) is 29.4 Å². The largest absolute Gasteiger partial charge is 0.488 e. The number of nitrogens with two attached hydrogens (primary N) is 1. The van der Waals surface area contributed by atoms with Gasteiger partial charge in [0.05, 0.1) is 42.6 Å². The lowest BCUT2D eigenvalue weighted by molar-refractivity contribution is -0.147. The van der Waals surface area contributed by atoms with Crippen molar-refractivity contribution in [2.24, 2.45) is 11.7 Å². The number of carbonyl (C=O) groups is 8. The number of fused-ring (bicyclic) bond motifs is 1. The Morgan fingerprint density at radius 2 is 1.22 bits per heavy atom. The smallest absolute Gasteiger partial charge is 0.419 e. The molecule has 4 aromatic rings. The van der Waals surface area contributed by atoms with Crippen LogP contribution < -0.4 is 37.1 Å². The van der Waals surface area contributed by atoms with Crippen LogP contribution in [0.2, 0.25) is 0 Å². The summed E-state index contributed by atoms with van der Waals surface area (Å²) < 4.78 is 30.8. The molecule has 5 amide bonds. The summed E-state index contributed by atoms with van der Waals surface area (Å²) in [6.45, 7) is 25.8. The molecule has 79 heavy (non-hydrogen) atoms. The molecule has 2 heterocycles. The number of hydrogen-bond donors (Lipinski definition) is 6. The maximum atomic E-state index is 14.9. The molecule has 22 heteroatoms. The van der Waals surface area contributed by atoms with E-state index in [0.29, 0.717) is 27.8 Å². The average Bonchev–Trinajstić information content (AvgIpc) is 3.98. The van der Waals surface area contributed by atoms with Gasteiger partial charge < -0.3 is 56.0 Å². The molecule has 0 bridgehead atoms. The number of hydrogen-bond acceptors (Lipinski definition) is 15. The highest BCUT2D eigenvalue weighted by Gasteiger charge is 2.34. The van der Waals surface area contributed by atoms with E-state index in [2.05, 4.69) is 31.6 Å². The molecule has 2 aromatic carbocycles.